The average molecular weight is 206 g/mol. The molecule has 1 aromatic carbocycles. The molecule has 0 bridgehead atoms. The summed E-state index contributed by atoms with van der Waals surface area (Å²) in [6.07, 6.45) is 0. The molecule has 0 aliphatic heterocycles. The predicted molar refractivity (Wildman–Crippen MR) is 67.5 cm³/mol. The maximum Gasteiger partial charge on any atom is 0.0370 e. The van der Waals surface area contributed by atoms with Crippen LogP contribution in [0.2, 0.25) is 0 Å². The second kappa shape index (κ2) is 4.67. The van der Waals surface area contributed by atoms with Crippen molar-refractivity contribution in [2.24, 2.45) is 0 Å². The number of aryl methyl sites for hydroxylation is 2. The summed E-state index contributed by atoms with van der Waals surface area (Å²) < 4.78 is 0. The van der Waals surface area contributed by atoms with Crippen molar-refractivity contribution in [1.82, 2.24) is 5.32 Å². The zero-order valence-electron chi connectivity index (χ0n) is 10.4. The minimum atomic E-state index is 0.122. The molecule has 0 atom stereocenters. The summed E-state index contributed by atoms with van der Waals surface area (Å²) in [5.74, 6) is 0. The number of rotatable bonds is 4. The molecule has 15 heavy (non-hydrogen) atoms. The smallest absolute Gasteiger partial charge is 0.0370 e. The molecule has 0 unspecified atom stereocenters. The molecule has 0 saturated carbocycles. The van der Waals surface area contributed by atoms with Crippen LogP contribution in [0.3, 0.4) is 0 Å². The normalized spacial score (nSPS) is 11.5. The van der Waals surface area contributed by atoms with Crippen LogP contribution < -0.4 is 10.6 Å². The number of benzene rings is 1. The molecule has 1 rings (SSSR count). The van der Waals surface area contributed by atoms with Crippen LogP contribution in [0.15, 0.2) is 18.2 Å². The molecular formula is C13H22N2. The van der Waals surface area contributed by atoms with E-state index in [1.54, 1.807) is 0 Å². The van der Waals surface area contributed by atoms with E-state index in [1.165, 1.54) is 16.8 Å². The van der Waals surface area contributed by atoms with Crippen LogP contribution in [0, 0.1) is 13.8 Å². The van der Waals surface area contributed by atoms with E-state index >= 15 is 0 Å². The van der Waals surface area contributed by atoms with Crippen molar-refractivity contribution in [1.29, 1.82) is 0 Å². The number of nitrogens with one attached hydrogen (secondary N) is 2. The van der Waals surface area contributed by atoms with Gasteiger partial charge in [-0.25, -0.2) is 0 Å². The van der Waals surface area contributed by atoms with Crippen LogP contribution in [0.1, 0.15) is 25.0 Å². The summed E-state index contributed by atoms with van der Waals surface area (Å²) in [4.78, 5) is 0. The highest BCUT2D eigenvalue weighted by atomic mass is 15.0. The molecule has 0 radical (unpaired) electrons. The Morgan fingerprint density at radius 2 is 1.87 bits per heavy atom. The zero-order chi connectivity index (χ0) is 11.5. The summed E-state index contributed by atoms with van der Waals surface area (Å²) in [7, 11) is 1.99. The van der Waals surface area contributed by atoms with Gasteiger partial charge in [-0.2, -0.15) is 0 Å². The zero-order valence-corrected chi connectivity index (χ0v) is 10.4. The van der Waals surface area contributed by atoms with Gasteiger partial charge in [-0.1, -0.05) is 17.7 Å². The molecule has 0 heterocycles. The first kappa shape index (κ1) is 12.1. The van der Waals surface area contributed by atoms with E-state index in [0.29, 0.717) is 0 Å². The van der Waals surface area contributed by atoms with Gasteiger partial charge in [0.2, 0.25) is 0 Å². The van der Waals surface area contributed by atoms with Gasteiger partial charge >= 0.3 is 0 Å². The third-order valence-corrected chi connectivity index (χ3v) is 2.78. The first-order valence-electron chi connectivity index (χ1n) is 5.45. The third kappa shape index (κ3) is 3.56. The molecule has 2 heteroatoms. The Hall–Kier alpha value is -1.02. The van der Waals surface area contributed by atoms with Crippen LogP contribution in [0.5, 0.6) is 0 Å². The quantitative estimate of drug-likeness (QED) is 0.791. The van der Waals surface area contributed by atoms with Crippen LogP contribution in [0.25, 0.3) is 0 Å². The Morgan fingerprint density at radius 3 is 2.40 bits per heavy atom. The van der Waals surface area contributed by atoms with Crippen molar-refractivity contribution >= 4 is 5.69 Å². The number of hydrogen-bond donors (Lipinski definition) is 2. The SMILES string of the molecule is CNC(C)(C)CNc1ccc(C)cc1C. The molecule has 2 N–H and O–H groups in total. The monoisotopic (exact) mass is 206 g/mol. The fraction of sp³-hybridized carbons (Fsp3) is 0.538. The minimum Gasteiger partial charge on any atom is -0.383 e. The van der Waals surface area contributed by atoms with Crippen molar-refractivity contribution in [3.05, 3.63) is 29.3 Å². The Labute approximate surface area is 93.1 Å². The third-order valence-electron chi connectivity index (χ3n) is 2.78. The molecule has 0 aromatic heterocycles. The lowest BCUT2D eigenvalue weighted by molar-refractivity contribution is 0.448. The molecule has 1 aromatic rings. The fourth-order valence-corrected chi connectivity index (χ4v) is 1.42. The summed E-state index contributed by atoms with van der Waals surface area (Å²) in [6.45, 7) is 9.55. The summed E-state index contributed by atoms with van der Waals surface area (Å²) in [5, 5.41) is 6.75. The largest absolute Gasteiger partial charge is 0.383 e. The summed E-state index contributed by atoms with van der Waals surface area (Å²) in [6, 6.07) is 6.49. The average Bonchev–Trinajstić information content (AvgIpc) is 2.16. The van der Waals surface area contributed by atoms with Crippen LogP contribution in [-0.2, 0) is 0 Å². The molecule has 0 aliphatic rings. The molecular weight excluding hydrogens is 184 g/mol. The molecule has 84 valence electrons. The first-order valence-corrected chi connectivity index (χ1v) is 5.45. The lowest BCUT2D eigenvalue weighted by Gasteiger charge is -2.25. The molecule has 0 saturated heterocycles. The van der Waals surface area contributed by atoms with E-state index in [4.69, 9.17) is 0 Å². The van der Waals surface area contributed by atoms with Gasteiger partial charge in [-0.15, -0.1) is 0 Å². The first-order chi connectivity index (χ1) is 6.94. The standard InChI is InChI=1S/C13H22N2/c1-10-6-7-12(11(2)8-10)15-9-13(3,4)14-5/h6-8,14-15H,9H2,1-5H3. The van der Waals surface area contributed by atoms with Crippen LogP contribution >= 0.6 is 0 Å². The maximum atomic E-state index is 3.47. The highest BCUT2D eigenvalue weighted by Gasteiger charge is 2.13. The van der Waals surface area contributed by atoms with E-state index in [0.717, 1.165) is 6.54 Å². The molecule has 0 fully saturated rings. The lowest BCUT2D eigenvalue weighted by Crippen LogP contribution is -2.42. The number of likely N-dealkylation sites (N-methyl/N-ethyl adjacent to an activating group) is 1. The summed E-state index contributed by atoms with van der Waals surface area (Å²) in [5.41, 5.74) is 3.97. The minimum absolute atomic E-state index is 0.122. The second-order valence-corrected chi connectivity index (χ2v) is 4.81. The van der Waals surface area contributed by atoms with Gasteiger partial charge in [0, 0.05) is 17.8 Å². The Morgan fingerprint density at radius 1 is 1.20 bits per heavy atom. The van der Waals surface area contributed by atoms with Crippen molar-refractivity contribution in [2.45, 2.75) is 33.2 Å². The molecule has 0 amide bonds. The van der Waals surface area contributed by atoms with Gasteiger partial charge in [0.1, 0.15) is 0 Å². The fourth-order valence-electron chi connectivity index (χ4n) is 1.42. The van der Waals surface area contributed by atoms with Crippen molar-refractivity contribution in [3.63, 3.8) is 0 Å². The van der Waals surface area contributed by atoms with Crippen molar-refractivity contribution in [2.75, 3.05) is 18.9 Å². The molecule has 2 nitrogen and oxygen atoms in total. The van der Waals surface area contributed by atoms with Gasteiger partial charge in [0.15, 0.2) is 0 Å². The predicted octanol–water partition coefficient (Wildman–Crippen LogP) is 2.71. The van der Waals surface area contributed by atoms with E-state index in [1.807, 2.05) is 7.05 Å². The Bertz CT molecular complexity index is 329. The van der Waals surface area contributed by atoms with Gasteiger partial charge in [0.25, 0.3) is 0 Å². The van der Waals surface area contributed by atoms with Gasteiger partial charge < -0.3 is 10.6 Å². The number of anilines is 1. The van der Waals surface area contributed by atoms with Crippen molar-refractivity contribution < 1.29 is 0 Å². The van der Waals surface area contributed by atoms with Crippen LogP contribution in [0.4, 0.5) is 5.69 Å². The molecule has 0 spiro atoms. The van der Waals surface area contributed by atoms with E-state index < -0.39 is 0 Å². The van der Waals surface area contributed by atoms with E-state index in [-0.39, 0.29) is 5.54 Å². The Balaban J connectivity index is 2.66. The summed E-state index contributed by atoms with van der Waals surface area (Å²) >= 11 is 0. The van der Waals surface area contributed by atoms with E-state index in [2.05, 4.69) is 56.5 Å². The lowest BCUT2D eigenvalue weighted by atomic mass is 10.1. The van der Waals surface area contributed by atoms with Gasteiger partial charge in [-0.05, 0) is 46.4 Å². The Kier molecular flexibility index (Phi) is 3.75. The van der Waals surface area contributed by atoms with E-state index in [9.17, 15) is 0 Å². The number of hydrogen-bond acceptors (Lipinski definition) is 2. The highest BCUT2D eigenvalue weighted by Crippen LogP contribution is 2.16. The van der Waals surface area contributed by atoms with Gasteiger partial charge in [0.05, 0.1) is 0 Å². The highest BCUT2D eigenvalue weighted by molar-refractivity contribution is 5.52. The maximum absolute atomic E-state index is 3.47. The van der Waals surface area contributed by atoms with Gasteiger partial charge in [-0.3, -0.25) is 0 Å². The molecule has 0 aliphatic carbocycles. The van der Waals surface area contributed by atoms with Crippen LogP contribution in [-0.4, -0.2) is 19.1 Å². The topological polar surface area (TPSA) is 24.1 Å². The second-order valence-electron chi connectivity index (χ2n) is 4.81. The van der Waals surface area contributed by atoms with Crippen molar-refractivity contribution in [3.8, 4) is 0 Å².